The third kappa shape index (κ3) is 2.25. The van der Waals surface area contributed by atoms with E-state index in [9.17, 15) is 13.2 Å². The van der Waals surface area contributed by atoms with E-state index in [1.165, 1.54) is 31.6 Å². The van der Waals surface area contributed by atoms with Crippen LogP contribution in [0.25, 0.3) is 0 Å². The highest BCUT2D eigenvalue weighted by molar-refractivity contribution is 7.92. The molecule has 0 amide bonds. The van der Waals surface area contributed by atoms with Crippen LogP contribution in [-0.4, -0.2) is 25.4 Å². The van der Waals surface area contributed by atoms with E-state index >= 15 is 0 Å². The van der Waals surface area contributed by atoms with Gasteiger partial charge >= 0.3 is 0 Å². The molecule has 0 spiro atoms. The van der Waals surface area contributed by atoms with Crippen molar-refractivity contribution >= 4 is 15.7 Å². The Bertz CT molecular complexity index is 674. The summed E-state index contributed by atoms with van der Waals surface area (Å²) in [6.45, 7) is 0. The highest BCUT2D eigenvalue weighted by atomic mass is 32.2. The number of hydrogen-bond donors (Lipinski definition) is 1. The van der Waals surface area contributed by atoms with Crippen LogP contribution in [-0.2, 0) is 10.0 Å². The maximum absolute atomic E-state index is 12.2. The predicted molar refractivity (Wildman–Crippen MR) is 66.9 cm³/mol. The van der Waals surface area contributed by atoms with Crippen molar-refractivity contribution in [2.45, 2.75) is 4.90 Å². The number of nitrogens with zero attached hydrogens (tertiary/aromatic N) is 2. The number of rotatable bonds is 3. The number of H-pyrrole nitrogens is 1. The second-order valence-electron chi connectivity index (χ2n) is 3.57. The lowest BCUT2D eigenvalue weighted by atomic mass is 10.4. The van der Waals surface area contributed by atoms with E-state index in [1.807, 2.05) is 0 Å². The molecular weight excluding hydrogens is 254 g/mol. The standard InChI is InChI=1S/C11H11N3O3S/c1-14(9-3-2-6-12-7-9)18(16,17)10-4-5-11(15)13-8-10/h2-8H,1H3,(H,13,15). The van der Waals surface area contributed by atoms with E-state index in [0.29, 0.717) is 5.69 Å². The van der Waals surface area contributed by atoms with Gasteiger partial charge in [-0.15, -0.1) is 0 Å². The normalized spacial score (nSPS) is 11.2. The summed E-state index contributed by atoms with van der Waals surface area (Å²) in [6, 6.07) is 5.72. The fourth-order valence-electron chi connectivity index (χ4n) is 1.39. The third-order valence-corrected chi connectivity index (χ3v) is 4.21. The summed E-state index contributed by atoms with van der Waals surface area (Å²) in [6.07, 6.45) is 4.18. The van der Waals surface area contributed by atoms with Crippen molar-refractivity contribution in [1.29, 1.82) is 0 Å². The second kappa shape index (κ2) is 4.61. The minimum absolute atomic E-state index is 0.0217. The zero-order valence-corrected chi connectivity index (χ0v) is 10.4. The number of anilines is 1. The summed E-state index contributed by atoms with van der Waals surface area (Å²) in [7, 11) is -2.26. The molecule has 0 unspecified atom stereocenters. The zero-order chi connectivity index (χ0) is 13.2. The van der Waals surface area contributed by atoms with E-state index in [1.54, 1.807) is 18.3 Å². The molecule has 0 atom stereocenters. The Balaban J connectivity index is 2.43. The van der Waals surface area contributed by atoms with Crippen molar-refractivity contribution < 1.29 is 8.42 Å². The molecule has 2 aromatic rings. The lowest BCUT2D eigenvalue weighted by molar-refractivity contribution is 0.594. The van der Waals surface area contributed by atoms with E-state index < -0.39 is 10.0 Å². The fraction of sp³-hybridized carbons (Fsp3) is 0.0909. The van der Waals surface area contributed by atoms with E-state index in [2.05, 4.69) is 9.97 Å². The van der Waals surface area contributed by atoms with Gasteiger partial charge in [-0.05, 0) is 18.2 Å². The van der Waals surface area contributed by atoms with E-state index in [-0.39, 0.29) is 10.5 Å². The van der Waals surface area contributed by atoms with Crippen LogP contribution < -0.4 is 9.86 Å². The molecule has 7 heteroatoms. The van der Waals surface area contributed by atoms with Crippen molar-refractivity contribution in [2.75, 3.05) is 11.4 Å². The van der Waals surface area contributed by atoms with Crippen LogP contribution in [0.3, 0.4) is 0 Å². The Labute approximate surface area is 104 Å². The van der Waals surface area contributed by atoms with Gasteiger partial charge in [-0.3, -0.25) is 14.1 Å². The van der Waals surface area contributed by atoms with E-state index in [4.69, 9.17) is 0 Å². The summed E-state index contributed by atoms with van der Waals surface area (Å²) < 4.78 is 25.5. The number of aromatic nitrogens is 2. The molecule has 18 heavy (non-hydrogen) atoms. The number of pyridine rings is 2. The molecule has 0 fully saturated rings. The quantitative estimate of drug-likeness (QED) is 0.880. The number of nitrogens with one attached hydrogen (secondary N) is 1. The lowest BCUT2D eigenvalue weighted by Gasteiger charge is -2.18. The number of sulfonamides is 1. The van der Waals surface area contributed by atoms with Crippen LogP contribution in [0.2, 0.25) is 0 Å². The van der Waals surface area contributed by atoms with Gasteiger partial charge < -0.3 is 4.98 Å². The molecule has 0 aliphatic heterocycles. The topological polar surface area (TPSA) is 83.1 Å². The smallest absolute Gasteiger partial charge is 0.265 e. The molecule has 1 N–H and O–H groups in total. The Morgan fingerprint density at radius 2 is 2.06 bits per heavy atom. The van der Waals surface area contributed by atoms with Crippen LogP contribution >= 0.6 is 0 Å². The first-order chi connectivity index (χ1) is 8.51. The lowest BCUT2D eigenvalue weighted by Crippen LogP contribution is -2.27. The maximum atomic E-state index is 12.2. The Morgan fingerprint density at radius 1 is 1.28 bits per heavy atom. The molecule has 2 heterocycles. The van der Waals surface area contributed by atoms with Gasteiger partial charge in [0.05, 0.1) is 11.9 Å². The first-order valence-corrected chi connectivity index (χ1v) is 6.53. The molecule has 0 aliphatic rings. The number of hydrogen-bond acceptors (Lipinski definition) is 4. The largest absolute Gasteiger partial charge is 0.328 e. The van der Waals surface area contributed by atoms with Crippen LogP contribution in [0.15, 0.2) is 52.5 Å². The Kier molecular flexibility index (Phi) is 3.15. The van der Waals surface area contributed by atoms with Gasteiger partial charge in [0.1, 0.15) is 4.90 Å². The summed E-state index contributed by atoms with van der Waals surface area (Å²) in [5, 5.41) is 0. The molecule has 2 aromatic heterocycles. The molecule has 94 valence electrons. The average Bonchev–Trinajstić information content (AvgIpc) is 2.39. The summed E-state index contributed by atoms with van der Waals surface area (Å²) in [5.41, 5.74) is 0.0988. The summed E-state index contributed by atoms with van der Waals surface area (Å²) >= 11 is 0. The fourth-order valence-corrected chi connectivity index (χ4v) is 2.54. The minimum atomic E-state index is -3.69. The Hall–Kier alpha value is -2.15. The van der Waals surface area contributed by atoms with Gasteiger partial charge in [0.2, 0.25) is 5.56 Å². The van der Waals surface area contributed by atoms with Gasteiger partial charge in [0.25, 0.3) is 10.0 Å². The van der Waals surface area contributed by atoms with E-state index in [0.717, 1.165) is 4.31 Å². The van der Waals surface area contributed by atoms with Gasteiger partial charge in [-0.1, -0.05) is 0 Å². The van der Waals surface area contributed by atoms with Gasteiger partial charge in [0, 0.05) is 25.5 Å². The van der Waals surface area contributed by atoms with Gasteiger partial charge in [-0.25, -0.2) is 8.42 Å². The highest BCUT2D eigenvalue weighted by Crippen LogP contribution is 2.19. The molecular formula is C11H11N3O3S. The Morgan fingerprint density at radius 3 is 2.61 bits per heavy atom. The maximum Gasteiger partial charge on any atom is 0.265 e. The van der Waals surface area contributed by atoms with Crippen LogP contribution in [0.1, 0.15) is 0 Å². The molecule has 0 saturated carbocycles. The van der Waals surface area contributed by atoms with Crippen molar-refractivity contribution in [3.63, 3.8) is 0 Å². The molecule has 2 rings (SSSR count). The van der Waals surface area contributed by atoms with Crippen molar-refractivity contribution in [1.82, 2.24) is 9.97 Å². The zero-order valence-electron chi connectivity index (χ0n) is 9.57. The number of aromatic amines is 1. The van der Waals surface area contributed by atoms with Crippen LogP contribution in [0.5, 0.6) is 0 Å². The minimum Gasteiger partial charge on any atom is -0.328 e. The SMILES string of the molecule is CN(c1cccnc1)S(=O)(=O)c1ccc(=O)[nH]c1. The summed E-state index contributed by atoms with van der Waals surface area (Å²) in [5.74, 6) is 0. The van der Waals surface area contributed by atoms with Crippen molar-refractivity contribution in [3.05, 3.63) is 53.2 Å². The second-order valence-corrected chi connectivity index (χ2v) is 5.54. The van der Waals surface area contributed by atoms with Crippen molar-refractivity contribution in [2.24, 2.45) is 0 Å². The van der Waals surface area contributed by atoms with Crippen LogP contribution in [0.4, 0.5) is 5.69 Å². The molecule has 0 saturated heterocycles. The van der Waals surface area contributed by atoms with Gasteiger partial charge in [0.15, 0.2) is 0 Å². The molecule has 0 aromatic carbocycles. The summed E-state index contributed by atoms with van der Waals surface area (Å²) in [4.78, 5) is 17.1. The first kappa shape index (κ1) is 12.3. The molecule has 6 nitrogen and oxygen atoms in total. The molecule has 0 aliphatic carbocycles. The third-order valence-electron chi connectivity index (χ3n) is 2.42. The molecule has 0 bridgehead atoms. The predicted octanol–water partition coefficient (Wildman–Crippen LogP) is 0.595. The van der Waals surface area contributed by atoms with Gasteiger partial charge in [-0.2, -0.15) is 0 Å². The van der Waals surface area contributed by atoms with Crippen LogP contribution in [0, 0.1) is 0 Å². The highest BCUT2D eigenvalue weighted by Gasteiger charge is 2.21. The average molecular weight is 265 g/mol. The molecule has 0 radical (unpaired) electrons. The monoisotopic (exact) mass is 265 g/mol. The van der Waals surface area contributed by atoms with Crippen molar-refractivity contribution in [3.8, 4) is 0 Å². The first-order valence-electron chi connectivity index (χ1n) is 5.09.